The van der Waals surface area contributed by atoms with Gasteiger partial charge < -0.3 is 18.8 Å². The third-order valence-corrected chi connectivity index (χ3v) is 13.0. The van der Waals surface area contributed by atoms with Crippen molar-refractivity contribution in [3.63, 3.8) is 0 Å². The average molecular weight is 422 g/mol. The zero-order chi connectivity index (χ0) is 23.4. The molecule has 4 nitrogen and oxygen atoms in total. The molecule has 5 heteroatoms. The highest BCUT2D eigenvalue weighted by Gasteiger charge is 2.66. The molecular weight excluding hydrogens is 378 g/mol. The van der Waals surface area contributed by atoms with E-state index >= 15 is 0 Å². The van der Waals surface area contributed by atoms with Gasteiger partial charge in [-0.25, -0.2) is 0 Å². The van der Waals surface area contributed by atoms with E-state index in [0.29, 0.717) is 11.8 Å². The summed E-state index contributed by atoms with van der Waals surface area (Å²) in [5.74, 6) is 1.33. The summed E-state index contributed by atoms with van der Waals surface area (Å²) in [4.78, 5) is 2.35. The van der Waals surface area contributed by atoms with Gasteiger partial charge in [0.15, 0.2) is 19.8 Å². The van der Waals surface area contributed by atoms with Gasteiger partial charge in [-0.1, -0.05) is 26.8 Å². The molecule has 1 aromatic rings. The van der Waals surface area contributed by atoms with Crippen LogP contribution in [0.2, 0.25) is 18.1 Å². The Hall–Kier alpha value is -1.04. The third kappa shape index (κ3) is 2.56. The SMILES string of the molecule is [3H]c1cc(OC)c2c3c1C[C@@H]1[C@@H]4C([3H])C([3H])[C@H](O[Si](C)(C)C(C)(C)C)[C@H](O2)[C@]34CCN1C. The van der Waals surface area contributed by atoms with Crippen molar-refractivity contribution >= 4 is 8.32 Å². The quantitative estimate of drug-likeness (QED) is 0.659. The summed E-state index contributed by atoms with van der Waals surface area (Å²) in [7, 11) is 1.56. The van der Waals surface area contributed by atoms with Gasteiger partial charge in [-0.2, -0.15) is 0 Å². The molecule has 7 atom stereocenters. The monoisotopic (exact) mass is 421 g/mol. The molecule has 2 aliphatic carbocycles. The number of piperidine rings is 1. The summed E-state index contributed by atoms with van der Waals surface area (Å²) in [5.41, 5.74) is 1.74. The predicted octanol–water partition coefficient (Wildman–Crippen LogP) is 4.75. The molecule has 2 heterocycles. The van der Waals surface area contributed by atoms with Gasteiger partial charge in [-0.05, 0) is 74.9 Å². The van der Waals surface area contributed by atoms with Crippen LogP contribution in [0.4, 0.5) is 0 Å². The van der Waals surface area contributed by atoms with Crippen molar-refractivity contribution in [2.24, 2.45) is 5.92 Å². The zero-order valence-corrected chi connectivity index (χ0v) is 19.8. The van der Waals surface area contributed by atoms with E-state index in [1.165, 1.54) is 0 Å². The molecule has 160 valence electrons. The molecule has 2 aliphatic heterocycles. The lowest BCUT2D eigenvalue weighted by atomic mass is 9.51. The molecule has 4 aliphatic rings. The van der Waals surface area contributed by atoms with E-state index in [9.17, 15) is 1.37 Å². The molecule has 2 unspecified atom stereocenters. The Balaban J connectivity index is 1.72. The Labute approximate surface area is 181 Å². The highest BCUT2D eigenvalue weighted by molar-refractivity contribution is 6.74. The first kappa shape index (κ1) is 16.6. The van der Waals surface area contributed by atoms with Gasteiger partial charge >= 0.3 is 0 Å². The van der Waals surface area contributed by atoms with Crippen LogP contribution in [0.15, 0.2) is 12.1 Å². The van der Waals surface area contributed by atoms with Crippen molar-refractivity contribution in [3.8, 4) is 11.5 Å². The van der Waals surface area contributed by atoms with Gasteiger partial charge in [0.1, 0.15) is 6.10 Å². The number of rotatable bonds is 3. The maximum Gasteiger partial charge on any atom is 0.192 e. The molecule has 1 saturated carbocycles. The summed E-state index contributed by atoms with van der Waals surface area (Å²) in [5, 5.41) is 0.00327. The fraction of sp³-hybridized carbons (Fsp3) is 0.750. The summed E-state index contributed by atoms with van der Waals surface area (Å²) < 4.78 is 46.5. The number of likely N-dealkylation sites (N-methyl/N-ethyl adjacent to an activating group) is 1. The third-order valence-electron chi connectivity index (χ3n) is 8.48. The second kappa shape index (κ2) is 6.24. The van der Waals surface area contributed by atoms with Crippen LogP contribution in [0.5, 0.6) is 11.5 Å². The number of benzene rings is 1. The van der Waals surface area contributed by atoms with E-state index in [0.717, 1.165) is 36.3 Å². The van der Waals surface area contributed by atoms with Gasteiger partial charge in [0.2, 0.25) is 0 Å². The summed E-state index contributed by atoms with van der Waals surface area (Å²) in [6.07, 6.45) is -0.403. The molecule has 5 rings (SSSR count). The van der Waals surface area contributed by atoms with E-state index in [2.05, 4.69) is 45.8 Å². The number of ether oxygens (including phenoxy) is 2. The summed E-state index contributed by atoms with van der Waals surface area (Å²) >= 11 is 0. The van der Waals surface area contributed by atoms with Crippen LogP contribution in [0.3, 0.4) is 0 Å². The van der Waals surface area contributed by atoms with Crippen molar-refractivity contribution in [3.05, 3.63) is 23.2 Å². The van der Waals surface area contributed by atoms with Crippen LogP contribution in [0, 0.1) is 5.92 Å². The lowest BCUT2D eigenvalue weighted by molar-refractivity contribution is -0.0948. The van der Waals surface area contributed by atoms with Gasteiger partial charge in [0, 0.05) is 19.8 Å². The minimum Gasteiger partial charge on any atom is -0.493 e. The summed E-state index contributed by atoms with van der Waals surface area (Å²) in [6.45, 7) is 12.0. The second-order valence-electron chi connectivity index (χ2n) is 10.9. The van der Waals surface area contributed by atoms with Crippen LogP contribution < -0.4 is 9.47 Å². The van der Waals surface area contributed by atoms with Crippen molar-refractivity contribution < 1.29 is 18.0 Å². The molecular formula is C24H37NO3Si. The molecule has 0 radical (unpaired) electrons. The topological polar surface area (TPSA) is 30.9 Å². The number of hydrogen-bond acceptors (Lipinski definition) is 4. The number of nitrogens with zero attached hydrogens (tertiary/aromatic N) is 1. The average Bonchev–Trinajstić information content (AvgIpc) is 3.04. The predicted molar refractivity (Wildman–Crippen MR) is 119 cm³/mol. The lowest BCUT2D eigenvalue weighted by Crippen LogP contribution is -2.67. The van der Waals surface area contributed by atoms with E-state index in [-0.39, 0.29) is 28.5 Å². The van der Waals surface area contributed by atoms with Crippen LogP contribution in [0.1, 0.15) is 55.2 Å². The Morgan fingerprint density at radius 3 is 2.79 bits per heavy atom. The van der Waals surface area contributed by atoms with Crippen LogP contribution in [0.25, 0.3) is 0 Å². The first-order chi connectivity index (χ1) is 14.8. The van der Waals surface area contributed by atoms with E-state index < -0.39 is 27.2 Å². The first-order valence-electron chi connectivity index (χ1n) is 12.6. The number of methoxy groups -OCH3 is 1. The minimum atomic E-state index is -2.20. The fourth-order valence-electron chi connectivity index (χ4n) is 5.88. The van der Waals surface area contributed by atoms with Crippen molar-refractivity contribution in [1.82, 2.24) is 4.90 Å². The largest absolute Gasteiger partial charge is 0.493 e. The molecule has 1 aromatic carbocycles. The number of likely N-dealkylation sites (tertiary alicyclic amines) is 1. The molecule has 0 aromatic heterocycles. The van der Waals surface area contributed by atoms with Crippen LogP contribution >= 0.6 is 0 Å². The Bertz CT molecular complexity index is 951. The van der Waals surface area contributed by atoms with Crippen molar-refractivity contribution in [1.29, 1.82) is 0 Å². The lowest BCUT2D eigenvalue weighted by Gasteiger charge is -2.59. The van der Waals surface area contributed by atoms with Gasteiger partial charge in [-0.15, -0.1) is 0 Å². The van der Waals surface area contributed by atoms with Crippen molar-refractivity contribution in [2.45, 2.75) is 88.2 Å². The molecule has 29 heavy (non-hydrogen) atoms. The van der Waals surface area contributed by atoms with Gasteiger partial charge in [-0.3, -0.25) is 0 Å². The van der Waals surface area contributed by atoms with E-state index in [1.54, 1.807) is 13.2 Å². The van der Waals surface area contributed by atoms with Crippen LogP contribution in [-0.2, 0) is 16.3 Å². The highest BCUT2D eigenvalue weighted by atomic mass is 28.4. The Morgan fingerprint density at radius 1 is 1.34 bits per heavy atom. The maximum atomic E-state index is 9.27. The molecule has 1 saturated heterocycles. The van der Waals surface area contributed by atoms with E-state index in [4.69, 9.17) is 16.6 Å². The molecule has 2 bridgehead atoms. The van der Waals surface area contributed by atoms with Gasteiger partial charge in [0.25, 0.3) is 0 Å². The molecule has 2 fully saturated rings. The second-order valence-corrected chi connectivity index (χ2v) is 15.6. The summed E-state index contributed by atoms with van der Waals surface area (Å²) in [6, 6.07) is 2.42. The standard InChI is InChI=1S/C24H37NO3Si/c1-23(2,3)29(6,7)28-19-11-9-16-17-14-15-8-10-18(26-5)21-20(15)24(16,22(19)27-21)12-13-25(17)4/h8,10,16-17,19,22H,9,11-14H2,1-7H3/t16-,17+,19-,22-,24-/m0/s1/i8T,9T,11T/t9?,11?,16-,17+,19-,22-,24-. The minimum absolute atomic E-state index is 0.00327. The smallest absolute Gasteiger partial charge is 0.192 e. The van der Waals surface area contributed by atoms with Crippen molar-refractivity contribution in [2.75, 3.05) is 20.7 Å². The number of hydrogen-bond donors (Lipinski definition) is 0. The molecule has 0 N–H and O–H groups in total. The Kier molecular flexibility index (Phi) is 3.58. The molecule has 1 spiro atoms. The first-order valence-corrected chi connectivity index (χ1v) is 13.9. The molecule has 0 amide bonds. The fourth-order valence-corrected chi connectivity index (χ4v) is 7.12. The van der Waals surface area contributed by atoms with Crippen LogP contribution in [-0.4, -0.2) is 52.2 Å². The highest BCUT2D eigenvalue weighted by Crippen LogP contribution is 2.64. The maximum absolute atomic E-state index is 9.27. The Morgan fingerprint density at radius 2 is 2.10 bits per heavy atom. The normalized spacial score (nSPS) is 42.4. The van der Waals surface area contributed by atoms with Gasteiger partial charge in [0.05, 0.1) is 14.6 Å². The zero-order valence-electron chi connectivity index (χ0n) is 21.8. The van der Waals surface area contributed by atoms with E-state index in [1.807, 2.05) is 0 Å².